The maximum atomic E-state index is 14.3. The molecular weight excluding hydrogens is 346 g/mol. The number of hydrogen-bond donors (Lipinski definition) is 0. The number of benzene rings is 2. The summed E-state index contributed by atoms with van der Waals surface area (Å²) in [7, 11) is 1.33. The van der Waals surface area contributed by atoms with Crippen LogP contribution in [-0.4, -0.2) is 13.7 Å². The quantitative estimate of drug-likeness (QED) is 0.569. The molecule has 0 saturated carbocycles. The Kier molecular flexibility index (Phi) is 6.62. The van der Waals surface area contributed by atoms with E-state index < -0.39 is 11.6 Å². The third-order valence-corrected chi connectivity index (χ3v) is 5.20. The standard InChI is InChI=1S/C23H26F2O2/c1-3-4-5-6-16-7-9-17(10-8-16)20-13-11-18(15-27-20)19-12-14-21(26-2)23(25)22(19)24/h3-4,7-10,12,14,18,20H,5-6,11,13,15H2,1-2H3. The fourth-order valence-corrected chi connectivity index (χ4v) is 3.59. The van der Waals surface area contributed by atoms with Gasteiger partial charge in [-0.2, -0.15) is 4.39 Å². The van der Waals surface area contributed by atoms with Gasteiger partial charge in [0, 0.05) is 5.92 Å². The van der Waals surface area contributed by atoms with Crippen LogP contribution in [0.1, 0.15) is 54.9 Å². The molecule has 0 radical (unpaired) electrons. The largest absolute Gasteiger partial charge is 0.494 e. The van der Waals surface area contributed by atoms with E-state index in [0.717, 1.165) is 31.2 Å². The molecule has 2 aromatic carbocycles. The molecule has 0 aromatic heterocycles. The minimum atomic E-state index is -0.925. The maximum absolute atomic E-state index is 14.3. The molecule has 2 aromatic rings. The molecule has 2 unspecified atom stereocenters. The van der Waals surface area contributed by atoms with Gasteiger partial charge in [0.15, 0.2) is 11.6 Å². The molecule has 144 valence electrons. The van der Waals surface area contributed by atoms with Crippen LogP contribution in [0.4, 0.5) is 8.78 Å². The van der Waals surface area contributed by atoms with Crippen molar-refractivity contribution < 1.29 is 18.3 Å². The Hall–Kier alpha value is -2.20. The lowest BCUT2D eigenvalue weighted by molar-refractivity contribution is 0.00160. The van der Waals surface area contributed by atoms with E-state index in [0.29, 0.717) is 12.2 Å². The topological polar surface area (TPSA) is 18.5 Å². The molecule has 1 fully saturated rings. The highest BCUT2D eigenvalue weighted by atomic mass is 19.2. The summed E-state index contributed by atoms with van der Waals surface area (Å²) in [6.07, 6.45) is 7.86. The summed E-state index contributed by atoms with van der Waals surface area (Å²) in [5, 5.41) is 0. The predicted molar refractivity (Wildman–Crippen MR) is 103 cm³/mol. The Labute approximate surface area is 159 Å². The number of methoxy groups -OCH3 is 1. The molecule has 0 aliphatic carbocycles. The van der Waals surface area contributed by atoms with E-state index in [2.05, 4.69) is 36.4 Å². The highest BCUT2D eigenvalue weighted by Gasteiger charge is 2.27. The summed E-state index contributed by atoms with van der Waals surface area (Å²) in [6.45, 7) is 2.42. The Morgan fingerprint density at radius 2 is 1.85 bits per heavy atom. The number of rotatable bonds is 6. The number of hydrogen-bond acceptors (Lipinski definition) is 2. The summed E-state index contributed by atoms with van der Waals surface area (Å²) >= 11 is 0. The second-order valence-corrected chi connectivity index (χ2v) is 6.93. The van der Waals surface area contributed by atoms with Gasteiger partial charge in [-0.25, -0.2) is 4.39 Å². The molecule has 4 heteroatoms. The van der Waals surface area contributed by atoms with Gasteiger partial charge >= 0.3 is 0 Å². The second-order valence-electron chi connectivity index (χ2n) is 6.93. The highest BCUT2D eigenvalue weighted by molar-refractivity contribution is 5.33. The molecule has 2 atom stereocenters. The zero-order valence-electron chi connectivity index (χ0n) is 15.9. The van der Waals surface area contributed by atoms with Gasteiger partial charge in [0.1, 0.15) is 0 Å². The lowest BCUT2D eigenvalue weighted by atomic mass is 9.89. The van der Waals surface area contributed by atoms with Crippen molar-refractivity contribution in [2.24, 2.45) is 0 Å². The fraction of sp³-hybridized carbons (Fsp3) is 0.391. The Morgan fingerprint density at radius 1 is 1.07 bits per heavy atom. The van der Waals surface area contributed by atoms with Crippen LogP contribution in [-0.2, 0) is 11.2 Å². The molecular formula is C23H26F2O2. The van der Waals surface area contributed by atoms with Crippen molar-refractivity contribution in [1.82, 2.24) is 0 Å². The Balaban J connectivity index is 1.61. The molecule has 1 aliphatic heterocycles. The SMILES string of the molecule is CC=CCCc1ccc(C2CCC(c3ccc(OC)c(F)c3F)CO2)cc1. The third-order valence-electron chi connectivity index (χ3n) is 5.20. The first-order valence-corrected chi connectivity index (χ1v) is 9.47. The van der Waals surface area contributed by atoms with E-state index in [1.54, 1.807) is 6.07 Å². The summed E-state index contributed by atoms with van der Waals surface area (Å²) in [6, 6.07) is 11.6. The molecule has 1 aliphatic rings. The zero-order chi connectivity index (χ0) is 19.2. The first-order valence-electron chi connectivity index (χ1n) is 9.47. The highest BCUT2D eigenvalue weighted by Crippen LogP contribution is 2.37. The molecule has 3 rings (SSSR count). The Bertz CT molecular complexity index is 776. The van der Waals surface area contributed by atoms with Crippen molar-refractivity contribution in [3.8, 4) is 5.75 Å². The lowest BCUT2D eigenvalue weighted by Gasteiger charge is -2.30. The lowest BCUT2D eigenvalue weighted by Crippen LogP contribution is -2.20. The van der Waals surface area contributed by atoms with Gasteiger partial charge in [0.05, 0.1) is 19.8 Å². The van der Waals surface area contributed by atoms with Gasteiger partial charge in [-0.15, -0.1) is 0 Å². The van der Waals surface area contributed by atoms with E-state index >= 15 is 0 Å². The number of allylic oxidation sites excluding steroid dienone is 2. The average Bonchev–Trinajstić information content (AvgIpc) is 2.71. The fourth-order valence-electron chi connectivity index (χ4n) is 3.59. The van der Waals surface area contributed by atoms with Crippen molar-refractivity contribution >= 4 is 0 Å². The smallest absolute Gasteiger partial charge is 0.200 e. The van der Waals surface area contributed by atoms with Gasteiger partial charge in [-0.3, -0.25) is 0 Å². The normalized spacial score (nSPS) is 20.1. The van der Waals surface area contributed by atoms with Gasteiger partial charge < -0.3 is 9.47 Å². The van der Waals surface area contributed by atoms with E-state index in [9.17, 15) is 8.78 Å². The van der Waals surface area contributed by atoms with Crippen LogP contribution in [0.2, 0.25) is 0 Å². The summed E-state index contributed by atoms with van der Waals surface area (Å²) < 4.78 is 39.1. The minimum Gasteiger partial charge on any atom is -0.494 e. The molecule has 27 heavy (non-hydrogen) atoms. The van der Waals surface area contributed by atoms with Crippen molar-refractivity contribution in [2.75, 3.05) is 13.7 Å². The second kappa shape index (κ2) is 9.14. The summed E-state index contributed by atoms with van der Waals surface area (Å²) in [5.74, 6) is -1.96. The summed E-state index contributed by atoms with van der Waals surface area (Å²) in [4.78, 5) is 0. The minimum absolute atomic E-state index is 0.0111. The predicted octanol–water partition coefficient (Wildman–Crippen LogP) is 6.12. The van der Waals surface area contributed by atoms with E-state index in [1.165, 1.54) is 18.7 Å². The molecule has 1 saturated heterocycles. The van der Waals surface area contributed by atoms with Crippen molar-refractivity contribution in [1.29, 1.82) is 0 Å². The number of halogens is 2. The van der Waals surface area contributed by atoms with E-state index in [-0.39, 0.29) is 17.8 Å². The van der Waals surface area contributed by atoms with E-state index in [1.807, 2.05) is 6.92 Å². The third kappa shape index (κ3) is 4.56. The molecule has 0 bridgehead atoms. The van der Waals surface area contributed by atoms with Crippen LogP contribution in [0.5, 0.6) is 5.75 Å². The molecule has 1 heterocycles. The first kappa shape index (κ1) is 19.6. The van der Waals surface area contributed by atoms with Crippen LogP contribution in [0.15, 0.2) is 48.6 Å². The molecule has 0 spiro atoms. The van der Waals surface area contributed by atoms with Crippen LogP contribution >= 0.6 is 0 Å². The van der Waals surface area contributed by atoms with Gasteiger partial charge in [0.2, 0.25) is 5.82 Å². The number of aryl methyl sites for hydroxylation is 1. The van der Waals surface area contributed by atoms with Crippen molar-refractivity contribution in [2.45, 2.75) is 44.6 Å². The van der Waals surface area contributed by atoms with Crippen molar-refractivity contribution in [3.05, 3.63) is 76.9 Å². The molecule has 0 amide bonds. The molecule has 0 N–H and O–H groups in total. The van der Waals surface area contributed by atoms with Gasteiger partial charge in [-0.1, -0.05) is 42.5 Å². The van der Waals surface area contributed by atoms with Crippen LogP contribution in [0.3, 0.4) is 0 Å². The average molecular weight is 372 g/mol. The monoisotopic (exact) mass is 372 g/mol. The summed E-state index contributed by atoms with van der Waals surface area (Å²) in [5.41, 5.74) is 2.82. The first-order chi connectivity index (χ1) is 13.1. The zero-order valence-corrected chi connectivity index (χ0v) is 15.9. The van der Waals surface area contributed by atoms with Gasteiger partial charge in [0.25, 0.3) is 0 Å². The van der Waals surface area contributed by atoms with Crippen LogP contribution < -0.4 is 4.74 Å². The number of ether oxygens (including phenoxy) is 2. The Morgan fingerprint density at radius 3 is 2.48 bits per heavy atom. The van der Waals surface area contributed by atoms with Gasteiger partial charge in [-0.05, 0) is 55.4 Å². The molecule has 2 nitrogen and oxygen atoms in total. The van der Waals surface area contributed by atoms with Crippen LogP contribution in [0.25, 0.3) is 0 Å². The van der Waals surface area contributed by atoms with E-state index in [4.69, 9.17) is 9.47 Å². The van der Waals surface area contributed by atoms with Crippen molar-refractivity contribution in [3.63, 3.8) is 0 Å². The maximum Gasteiger partial charge on any atom is 0.200 e. The van der Waals surface area contributed by atoms with Crippen LogP contribution in [0, 0.1) is 11.6 Å².